The van der Waals surface area contributed by atoms with Crippen molar-refractivity contribution in [2.75, 3.05) is 0 Å². The summed E-state index contributed by atoms with van der Waals surface area (Å²) in [5.41, 5.74) is -1.12. The van der Waals surface area contributed by atoms with Crippen LogP contribution in [0.5, 0.6) is 28.7 Å². The monoisotopic (exact) mass is 496 g/mol. The zero-order chi connectivity index (χ0) is 24.5. The number of ether oxygens (including phenoxy) is 4. The number of aliphatic hydroxyl groups is 3. The minimum Gasteiger partial charge on any atom is -0.452 e. The molecule has 0 heterocycles. The lowest BCUT2D eigenvalue weighted by Crippen LogP contribution is -2.34. The number of benzene rings is 2. The molecule has 0 aliphatic heterocycles. The van der Waals surface area contributed by atoms with Crippen LogP contribution in [0.15, 0.2) is 30.3 Å². The second-order valence-electron chi connectivity index (χ2n) is 5.53. The third kappa shape index (κ3) is 7.60. The van der Waals surface area contributed by atoms with Crippen molar-refractivity contribution in [3.05, 3.63) is 41.7 Å². The molecule has 0 atom stereocenters. The SMILES string of the molecule is O=C(Cl)c1c(F)cc(OC(F)(F)F)cc1Oc1ccc(OC(F)(F)F)cc1OC(O)(O)O. The Bertz CT molecular complexity index is 1000. The van der Waals surface area contributed by atoms with Crippen LogP contribution in [-0.2, 0) is 0 Å². The summed E-state index contributed by atoms with van der Waals surface area (Å²) in [6, 6.07) is 1.96. The predicted molar refractivity (Wildman–Crippen MR) is 86.5 cm³/mol. The van der Waals surface area contributed by atoms with Crippen LogP contribution in [-0.4, -0.2) is 39.4 Å². The Morgan fingerprint density at radius 2 is 1.31 bits per heavy atom. The van der Waals surface area contributed by atoms with Crippen molar-refractivity contribution in [1.82, 2.24) is 0 Å². The molecule has 3 N–H and O–H groups in total. The van der Waals surface area contributed by atoms with E-state index in [2.05, 4.69) is 14.2 Å². The largest absolute Gasteiger partial charge is 0.573 e. The van der Waals surface area contributed by atoms with Gasteiger partial charge in [0.15, 0.2) is 11.5 Å². The first-order chi connectivity index (χ1) is 14.4. The van der Waals surface area contributed by atoms with Crippen LogP contribution < -0.4 is 18.9 Å². The van der Waals surface area contributed by atoms with Gasteiger partial charge in [-0.1, -0.05) is 0 Å². The van der Waals surface area contributed by atoms with Gasteiger partial charge in [0, 0.05) is 18.2 Å². The van der Waals surface area contributed by atoms with Crippen molar-refractivity contribution in [2.45, 2.75) is 18.9 Å². The third-order valence-corrected chi connectivity index (χ3v) is 3.26. The molecule has 0 radical (unpaired) electrons. The normalized spacial score (nSPS) is 12.3. The second kappa shape index (κ2) is 8.85. The summed E-state index contributed by atoms with van der Waals surface area (Å²) in [6.07, 6.45) is -14.5. The number of halogens is 8. The van der Waals surface area contributed by atoms with Gasteiger partial charge in [-0.05, 0) is 23.7 Å². The first-order valence-electron chi connectivity index (χ1n) is 7.66. The van der Waals surface area contributed by atoms with Crippen molar-refractivity contribution in [3.8, 4) is 28.7 Å². The highest BCUT2D eigenvalue weighted by Gasteiger charge is 2.34. The number of hydrogen-bond acceptors (Lipinski definition) is 8. The average molecular weight is 497 g/mol. The molecule has 0 saturated carbocycles. The van der Waals surface area contributed by atoms with Gasteiger partial charge < -0.3 is 34.3 Å². The fourth-order valence-electron chi connectivity index (χ4n) is 2.14. The highest BCUT2D eigenvalue weighted by Crippen LogP contribution is 2.41. The second-order valence-corrected chi connectivity index (χ2v) is 5.88. The van der Waals surface area contributed by atoms with E-state index in [0.29, 0.717) is 24.3 Å². The quantitative estimate of drug-likeness (QED) is 0.302. The summed E-state index contributed by atoms with van der Waals surface area (Å²) in [7, 11) is 0. The molecule has 0 amide bonds. The molecule has 0 aliphatic rings. The molecular formula is C16H8ClF7O8. The van der Waals surface area contributed by atoms with Crippen molar-refractivity contribution in [1.29, 1.82) is 0 Å². The van der Waals surface area contributed by atoms with Crippen LogP contribution >= 0.6 is 11.6 Å². The lowest BCUT2D eigenvalue weighted by atomic mass is 10.2. The molecule has 0 aliphatic carbocycles. The van der Waals surface area contributed by atoms with Gasteiger partial charge in [-0.25, -0.2) is 4.39 Å². The van der Waals surface area contributed by atoms with Gasteiger partial charge in [0.05, 0.1) is 0 Å². The zero-order valence-corrected chi connectivity index (χ0v) is 15.5. The summed E-state index contributed by atoms with van der Waals surface area (Å²) in [6.45, 7) is 0. The minimum absolute atomic E-state index is 0.147. The summed E-state index contributed by atoms with van der Waals surface area (Å²) in [5.74, 6) is -6.89. The Labute approximate surface area is 176 Å². The van der Waals surface area contributed by atoms with Gasteiger partial charge in [0.1, 0.15) is 28.6 Å². The maximum Gasteiger partial charge on any atom is 0.573 e. The molecule has 0 spiro atoms. The fraction of sp³-hybridized carbons (Fsp3) is 0.188. The summed E-state index contributed by atoms with van der Waals surface area (Å²) >= 11 is 5.19. The van der Waals surface area contributed by atoms with E-state index in [1.54, 1.807) is 0 Å². The zero-order valence-electron chi connectivity index (χ0n) is 14.8. The molecule has 0 fully saturated rings. The first-order valence-corrected chi connectivity index (χ1v) is 8.04. The number of hydrogen-bond donors (Lipinski definition) is 3. The van der Waals surface area contributed by atoms with Crippen LogP contribution in [0.1, 0.15) is 10.4 Å². The van der Waals surface area contributed by atoms with Crippen LogP contribution in [0.4, 0.5) is 30.7 Å². The van der Waals surface area contributed by atoms with E-state index in [1.165, 1.54) is 0 Å². The molecule has 16 heteroatoms. The van der Waals surface area contributed by atoms with Crippen molar-refractivity contribution < 1.29 is 69.8 Å². The van der Waals surface area contributed by atoms with Crippen molar-refractivity contribution in [3.63, 3.8) is 0 Å². The molecular weight excluding hydrogens is 489 g/mol. The number of carbonyl (C=O) groups is 1. The Morgan fingerprint density at radius 3 is 1.81 bits per heavy atom. The third-order valence-electron chi connectivity index (χ3n) is 3.07. The molecule has 0 saturated heterocycles. The molecule has 0 unspecified atom stereocenters. The number of rotatable bonds is 7. The van der Waals surface area contributed by atoms with E-state index < -0.39 is 64.3 Å². The predicted octanol–water partition coefficient (Wildman–Crippen LogP) is 3.76. The Kier molecular flexibility index (Phi) is 6.99. The Hall–Kier alpha value is -3.01. The van der Waals surface area contributed by atoms with E-state index >= 15 is 0 Å². The molecule has 2 aromatic rings. The molecule has 32 heavy (non-hydrogen) atoms. The van der Waals surface area contributed by atoms with Crippen molar-refractivity contribution in [2.24, 2.45) is 0 Å². The highest BCUT2D eigenvalue weighted by molar-refractivity contribution is 6.68. The molecule has 2 rings (SSSR count). The van der Waals surface area contributed by atoms with Gasteiger partial charge in [-0.2, -0.15) is 0 Å². The molecule has 0 bridgehead atoms. The molecule has 176 valence electrons. The lowest BCUT2D eigenvalue weighted by Gasteiger charge is -2.20. The first kappa shape index (κ1) is 25.3. The van der Waals surface area contributed by atoms with Crippen LogP contribution in [0.25, 0.3) is 0 Å². The van der Waals surface area contributed by atoms with Gasteiger partial charge >= 0.3 is 18.9 Å². The van der Waals surface area contributed by atoms with Crippen LogP contribution in [0.3, 0.4) is 0 Å². The van der Waals surface area contributed by atoms with E-state index in [0.717, 1.165) is 0 Å². The summed E-state index contributed by atoms with van der Waals surface area (Å²) < 4.78 is 105. The van der Waals surface area contributed by atoms with E-state index in [4.69, 9.17) is 31.7 Å². The van der Waals surface area contributed by atoms with E-state index in [9.17, 15) is 35.5 Å². The Morgan fingerprint density at radius 1 is 0.781 bits per heavy atom. The van der Waals surface area contributed by atoms with Gasteiger partial charge in [0.2, 0.25) is 0 Å². The fourth-order valence-corrected chi connectivity index (χ4v) is 2.32. The standard InChI is InChI=1S/C16H8ClF7O8/c17-13(25)12-8(18)3-7(31-15(22,23)24)5-11(12)29-9-2-1-6(30-14(19,20)21)4-10(9)32-16(26,27)28/h1-5,26-28H. The minimum atomic E-state index is -5.29. The lowest BCUT2D eigenvalue weighted by molar-refractivity contribution is -0.419. The van der Waals surface area contributed by atoms with E-state index in [-0.39, 0.29) is 6.07 Å². The molecule has 0 aromatic heterocycles. The average Bonchev–Trinajstić information content (AvgIpc) is 2.51. The Balaban J connectivity index is 2.57. The maximum absolute atomic E-state index is 14.1. The van der Waals surface area contributed by atoms with E-state index in [1.807, 2.05) is 0 Å². The molecule has 8 nitrogen and oxygen atoms in total. The van der Waals surface area contributed by atoms with Gasteiger partial charge in [-0.15, -0.1) is 26.3 Å². The molecule has 2 aromatic carbocycles. The van der Waals surface area contributed by atoms with Gasteiger partial charge in [0.25, 0.3) is 5.24 Å². The van der Waals surface area contributed by atoms with Crippen LogP contribution in [0.2, 0.25) is 0 Å². The number of carbonyl (C=O) groups excluding carboxylic acids is 1. The smallest absolute Gasteiger partial charge is 0.452 e. The highest BCUT2D eigenvalue weighted by atomic mass is 35.5. The maximum atomic E-state index is 14.1. The topological polar surface area (TPSA) is 115 Å². The summed E-state index contributed by atoms with van der Waals surface area (Å²) in [5, 5.41) is 25.2. The number of alkyl halides is 6. The van der Waals surface area contributed by atoms with Crippen molar-refractivity contribution >= 4 is 16.8 Å². The van der Waals surface area contributed by atoms with Gasteiger partial charge in [-0.3, -0.25) is 4.79 Å². The van der Waals surface area contributed by atoms with Crippen LogP contribution in [0, 0.1) is 5.82 Å². The summed E-state index contributed by atoms with van der Waals surface area (Å²) in [4.78, 5) is 11.5.